The first-order valence-electron chi connectivity index (χ1n) is 6.03. The second-order valence-corrected chi connectivity index (χ2v) is 5.27. The number of aliphatic carboxylic acids is 1. The molecule has 1 atom stereocenters. The monoisotopic (exact) mass is 250 g/mol. The summed E-state index contributed by atoms with van der Waals surface area (Å²) < 4.78 is 11.3. The predicted molar refractivity (Wildman–Crippen MR) is 67.0 cm³/mol. The van der Waals surface area contributed by atoms with Gasteiger partial charge in [-0.15, -0.1) is 0 Å². The lowest BCUT2D eigenvalue weighted by Crippen LogP contribution is -2.29. The maximum absolute atomic E-state index is 10.9. The van der Waals surface area contributed by atoms with Crippen molar-refractivity contribution < 1.29 is 19.4 Å². The third-order valence-corrected chi connectivity index (χ3v) is 3.06. The normalized spacial score (nSPS) is 17.6. The number of ether oxygens (including phenoxy) is 2. The van der Waals surface area contributed by atoms with Gasteiger partial charge in [-0.2, -0.15) is 0 Å². The molecule has 4 heteroatoms. The molecular weight excluding hydrogens is 232 g/mol. The molecule has 4 nitrogen and oxygen atoms in total. The molecule has 2 rings (SSSR count). The van der Waals surface area contributed by atoms with Gasteiger partial charge in [0.15, 0.2) is 11.5 Å². The highest BCUT2D eigenvalue weighted by Gasteiger charge is 2.32. The lowest BCUT2D eigenvalue weighted by Gasteiger charge is -2.16. The summed E-state index contributed by atoms with van der Waals surface area (Å²) in [7, 11) is 0. The number of hydrogen-bond donors (Lipinski definition) is 1. The summed E-state index contributed by atoms with van der Waals surface area (Å²) in [5, 5.41) is 8.95. The lowest BCUT2D eigenvalue weighted by molar-refractivity contribution is -0.141. The number of carboxylic acid groups (broad SMARTS) is 1. The Morgan fingerprint density at radius 2 is 1.89 bits per heavy atom. The van der Waals surface area contributed by atoms with Crippen molar-refractivity contribution in [2.24, 2.45) is 5.92 Å². The smallest absolute Gasteiger partial charge is 0.306 e. The van der Waals surface area contributed by atoms with E-state index >= 15 is 0 Å². The molecule has 0 saturated heterocycles. The van der Waals surface area contributed by atoms with Crippen molar-refractivity contribution in [3.05, 3.63) is 23.3 Å². The fraction of sp³-hybridized carbons (Fsp3) is 0.500. The summed E-state index contributed by atoms with van der Waals surface area (Å²) >= 11 is 0. The highest BCUT2D eigenvalue weighted by Crippen LogP contribution is 2.41. The Labute approximate surface area is 107 Å². The minimum Gasteiger partial charge on any atom is -0.481 e. The van der Waals surface area contributed by atoms with Gasteiger partial charge in [0.2, 0.25) is 5.79 Å². The molecular formula is C14H18O4. The van der Waals surface area contributed by atoms with E-state index < -0.39 is 17.7 Å². The highest BCUT2D eigenvalue weighted by atomic mass is 16.7. The van der Waals surface area contributed by atoms with Crippen molar-refractivity contribution in [3.63, 3.8) is 0 Å². The van der Waals surface area contributed by atoms with Gasteiger partial charge in [-0.1, -0.05) is 6.92 Å². The van der Waals surface area contributed by atoms with E-state index in [-0.39, 0.29) is 0 Å². The maximum Gasteiger partial charge on any atom is 0.306 e. The fourth-order valence-electron chi connectivity index (χ4n) is 2.05. The molecule has 0 bridgehead atoms. The van der Waals surface area contributed by atoms with Crippen LogP contribution < -0.4 is 9.47 Å². The standard InChI is InChI=1S/C14H18O4/c1-8-6-11-12(18-14(3,4)17-11)7-10(8)5-9(2)13(15)16/h6-7,9H,5H2,1-4H3,(H,15,16). The molecule has 1 N–H and O–H groups in total. The lowest BCUT2D eigenvalue weighted by atomic mass is 9.97. The second-order valence-electron chi connectivity index (χ2n) is 5.27. The quantitative estimate of drug-likeness (QED) is 0.896. The molecule has 98 valence electrons. The van der Waals surface area contributed by atoms with Crippen LogP contribution in [0.25, 0.3) is 0 Å². The minimum atomic E-state index is -0.785. The zero-order valence-corrected chi connectivity index (χ0v) is 11.1. The van der Waals surface area contributed by atoms with Gasteiger partial charge in [-0.25, -0.2) is 0 Å². The average Bonchev–Trinajstić information content (AvgIpc) is 2.51. The molecule has 0 aromatic heterocycles. The van der Waals surface area contributed by atoms with Gasteiger partial charge < -0.3 is 14.6 Å². The molecule has 1 aromatic rings. The van der Waals surface area contributed by atoms with Gasteiger partial charge in [0.05, 0.1) is 5.92 Å². The number of hydrogen-bond acceptors (Lipinski definition) is 3. The summed E-state index contributed by atoms with van der Waals surface area (Å²) in [5.41, 5.74) is 2.02. The maximum atomic E-state index is 10.9. The van der Waals surface area contributed by atoms with Crippen molar-refractivity contribution in [1.82, 2.24) is 0 Å². The van der Waals surface area contributed by atoms with Crippen molar-refractivity contribution >= 4 is 5.97 Å². The van der Waals surface area contributed by atoms with Crippen molar-refractivity contribution in [1.29, 1.82) is 0 Å². The highest BCUT2D eigenvalue weighted by molar-refractivity contribution is 5.70. The first kappa shape index (κ1) is 12.7. The summed E-state index contributed by atoms with van der Waals surface area (Å²) in [5.74, 6) is -0.418. The molecule has 0 amide bonds. The number of benzene rings is 1. The number of fused-ring (bicyclic) bond motifs is 1. The summed E-state index contributed by atoms with van der Waals surface area (Å²) in [4.78, 5) is 10.9. The summed E-state index contributed by atoms with van der Waals surface area (Å²) in [6.45, 7) is 7.36. The van der Waals surface area contributed by atoms with Crippen LogP contribution in [0.15, 0.2) is 12.1 Å². The van der Waals surface area contributed by atoms with E-state index in [9.17, 15) is 4.79 Å². The van der Waals surface area contributed by atoms with Crippen LogP contribution in [0.5, 0.6) is 11.5 Å². The van der Waals surface area contributed by atoms with Crippen LogP contribution >= 0.6 is 0 Å². The summed E-state index contributed by atoms with van der Waals surface area (Å²) in [6, 6.07) is 3.80. The number of rotatable bonds is 3. The van der Waals surface area contributed by atoms with Gasteiger partial charge in [-0.3, -0.25) is 4.79 Å². The van der Waals surface area contributed by atoms with Crippen LogP contribution in [0.2, 0.25) is 0 Å². The Balaban J connectivity index is 2.28. The van der Waals surface area contributed by atoms with E-state index in [0.717, 1.165) is 16.9 Å². The molecule has 0 saturated carbocycles. The van der Waals surface area contributed by atoms with Crippen molar-refractivity contribution in [2.75, 3.05) is 0 Å². The summed E-state index contributed by atoms with van der Waals surface area (Å²) in [6.07, 6.45) is 0.498. The average molecular weight is 250 g/mol. The zero-order chi connectivity index (χ0) is 13.5. The Morgan fingerprint density at radius 1 is 1.33 bits per heavy atom. The van der Waals surface area contributed by atoms with Crippen molar-refractivity contribution in [2.45, 2.75) is 39.9 Å². The van der Waals surface area contributed by atoms with Gasteiger partial charge in [-0.05, 0) is 36.6 Å². The Kier molecular flexibility index (Phi) is 2.97. The van der Waals surface area contributed by atoms with E-state index in [0.29, 0.717) is 12.2 Å². The van der Waals surface area contributed by atoms with Crippen LogP contribution in [-0.4, -0.2) is 16.9 Å². The van der Waals surface area contributed by atoms with E-state index in [2.05, 4.69) is 0 Å². The number of aryl methyl sites for hydroxylation is 1. The number of carbonyl (C=O) groups is 1. The van der Waals surface area contributed by atoms with E-state index in [1.807, 2.05) is 32.9 Å². The van der Waals surface area contributed by atoms with E-state index in [1.54, 1.807) is 6.92 Å². The molecule has 0 spiro atoms. The molecule has 1 aliphatic heterocycles. The Morgan fingerprint density at radius 3 is 2.44 bits per heavy atom. The largest absolute Gasteiger partial charge is 0.481 e. The van der Waals surface area contributed by atoms with Crippen LogP contribution in [0.3, 0.4) is 0 Å². The Hall–Kier alpha value is -1.71. The Bertz CT molecular complexity index is 491. The zero-order valence-electron chi connectivity index (χ0n) is 11.1. The van der Waals surface area contributed by atoms with Crippen LogP contribution in [0.4, 0.5) is 0 Å². The second kappa shape index (κ2) is 4.19. The van der Waals surface area contributed by atoms with Crippen LogP contribution in [0.1, 0.15) is 31.9 Å². The molecule has 0 fully saturated rings. The van der Waals surface area contributed by atoms with E-state index in [1.165, 1.54) is 0 Å². The molecule has 1 unspecified atom stereocenters. The molecule has 1 heterocycles. The molecule has 0 aliphatic carbocycles. The fourth-order valence-corrected chi connectivity index (χ4v) is 2.05. The molecule has 18 heavy (non-hydrogen) atoms. The van der Waals surface area contributed by atoms with Crippen molar-refractivity contribution in [3.8, 4) is 11.5 Å². The topological polar surface area (TPSA) is 55.8 Å². The van der Waals surface area contributed by atoms with Gasteiger partial charge in [0.25, 0.3) is 0 Å². The van der Waals surface area contributed by atoms with Gasteiger partial charge in [0, 0.05) is 13.8 Å². The predicted octanol–water partition coefficient (Wildman–Crippen LogP) is 2.77. The van der Waals surface area contributed by atoms with Crippen LogP contribution in [0, 0.1) is 12.8 Å². The van der Waals surface area contributed by atoms with Crippen LogP contribution in [-0.2, 0) is 11.2 Å². The number of carboxylic acids is 1. The molecule has 1 aliphatic rings. The van der Waals surface area contributed by atoms with Gasteiger partial charge in [0.1, 0.15) is 0 Å². The minimum absolute atomic E-state index is 0.405. The molecule has 0 radical (unpaired) electrons. The van der Waals surface area contributed by atoms with E-state index in [4.69, 9.17) is 14.6 Å². The first-order chi connectivity index (χ1) is 8.28. The van der Waals surface area contributed by atoms with Gasteiger partial charge >= 0.3 is 5.97 Å². The molecule has 1 aromatic carbocycles. The first-order valence-corrected chi connectivity index (χ1v) is 6.03. The third kappa shape index (κ3) is 2.42. The SMILES string of the molecule is Cc1cc2c(cc1CC(C)C(=O)O)OC(C)(C)O2. The third-order valence-electron chi connectivity index (χ3n) is 3.06.